The van der Waals surface area contributed by atoms with Crippen molar-refractivity contribution in [1.29, 1.82) is 0 Å². The van der Waals surface area contributed by atoms with Crippen LogP contribution in [0.3, 0.4) is 0 Å². The second-order valence-electron chi connectivity index (χ2n) is 9.81. The number of halogens is 5. The van der Waals surface area contributed by atoms with Crippen LogP contribution in [0.1, 0.15) is 25.0 Å². The van der Waals surface area contributed by atoms with E-state index in [0.29, 0.717) is 32.8 Å². The molecule has 0 saturated carbocycles. The molecule has 2 fully saturated rings. The maximum Gasteiger partial charge on any atom is 0.573 e. The number of benzene rings is 2. The lowest BCUT2D eigenvalue weighted by atomic mass is 10.0. The van der Waals surface area contributed by atoms with Crippen LogP contribution in [0.2, 0.25) is 5.02 Å². The number of fused-ring (bicyclic) bond motifs is 2. The summed E-state index contributed by atoms with van der Waals surface area (Å²) in [5.74, 6) is -2.09. The maximum atomic E-state index is 13.3. The van der Waals surface area contributed by atoms with Gasteiger partial charge in [-0.3, -0.25) is 14.5 Å². The molecule has 2 bridgehead atoms. The van der Waals surface area contributed by atoms with Crippen LogP contribution in [0.15, 0.2) is 42.5 Å². The van der Waals surface area contributed by atoms with Gasteiger partial charge in [0.25, 0.3) is 0 Å². The minimum Gasteiger partial charge on any atom is -0.404 e. The minimum absolute atomic E-state index is 0.123. The Balaban J connectivity index is 1.53. The van der Waals surface area contributed by atoms with E-state index in [1.54, 1.807) is 30.9 Å². The number of carbonyl (C=O) groups excluding carboxylic acids is 2. The van der Waals surface area contributed by atoms with Crippen molar-refractivity contribution in [3.05, 3.63) is 64.4 Å². The number of ether oxygens (including phenoxy) is 2. The lowest BCUT2D eigenvalue weighted by Gasteiger charge is -2.49. The summed E-state index contributed by atoms with van der Waals surface area (Å²) >= 11 is 5.99. The van der Waals surface area contributed by atoms with Gasteiger partial charge in [0.05, 0.1) is 30.3 Å². The predicted molar refractivity (Wildman–Crippen MR) is 138 cm³/mol. The van der Waals surface area contributed by atoms with Crippen LogP contribution < -0.4 is 10.1 Å². The third-order valence-corrected chi connectivity index (χ3v) is 6.73. The van der Waals surface area contributed by atoms with Gasteiger partial charge in [-0.15, -0.1) is 13.2 Å². The zero-order chi connectivity index (χ0) is 28.3. The number of amides is 2. The maximum absolute atomic E-state index is 13.3. The van der Waals surface area contributed by atoms with Crippen LogP contribution in [-0.4, -0.2) is 66.4 Å². The van der Waals surface area contributed by atoms with E-state index >= 15 is 0 Å². The molecule has 4 rings (SSSR count). The average molecular weight is 570 g/mol. The number of rotatable bonds is 7. The molecule has 2 atom stereocenters. The number of morpholine rings is 1. The Bertz CT molecular complexity index is 1220. The second-order valence-corrected chi connectivity index (χ2v) is 10.2. The molecule has 2 aromatic rings. The Morgan fingerprint density at radius 1 is 1.15 bits per heavy atom. The van der Waals surface area contributed by atoms with Crippen LogP contribution in [0.4, 0.5) is 23.2 Å². The molecule has 2 heterocycles. The number of alkyl halides is 3. The molecule has 2 saturated heterocycles. The summed E-state index contributed by atoms with van der Waals surface area (Å²) in [7, 11) is 0. The second kappa shape index (κ2) is 11.9. The van der Waals surface area contributed by atoms with Crippen molar-refractivity contribution in [3.63, 3.8) is 0 Å². The highest BCUT2D eigenvalue weighted by molar-refractivity contribution is 6.32. The number of nitrogens with zero attached hydrogens (tertiary/aromatic N) is 2. The van der Waals surface area contributed by atoms with Gasteiger partial charge in [0.2, 0.25) is 11.8 Å². The van der Waals surface area contributed by atoms with Crippen molar-refractivity contribution in [2.45, 2.75) is 38.8 Å². The molecule has 1 N–H and O–H groups in total. The van der Waals surface area contributed by atoms with Gasteiger partial charge >= 0.3 is 6.36 Å². The molecule has 12 heteroatoms. The summed E-state index contributed by atoms with van der Waals surface area (Å²) < 4.78 is 61.6. The van der Waals surface area contributed by atoms with Gasteiger partial charge in [0.15, 0.2) is 0 Å². The topological polar surface area (TPSA) is 71.1 Å². The van der Waals surface area contributed by atoms with Gasteiger partial charge in [-0.25, -0.2) is 4.39 Å². The van der Waals surface area contributed by atoms with Crippen molar-refractivity contribution in [3.8, 4) is 5.75 Å². The third kappa shape index (κ3) is 7.49. The van der Waals surface area contributed by atoms with E-state index in [1.807, 2.05) is 0 Å². The Hall–Kier alpha value is -3.15. The van der Waals surface area contributed by atoms with Gasteiger partial charge in [0, 0.05) is 42.9 Å². The number of piperazine rings is 1. The van der Waals surface area contributed by atoms with Crippen LogP contribution >= 0.6 is 11.6 Å². The first-order valence-corrected chi connectivity index (χ1v) is 12.7. The summed E-state index contributed by atoms with van der Waals surface area (Å²) in [4.78, 5) is 29.5. The van der Waals surface area contributed by atoms with Crippen molar-refractivity contribution in [1.82, 2.24) is 9.80 Å². The van der Waals surface area contributed by atoms with Crippen molar-refractivity contribution >= 4 is 35.2 Å². The molecule has 2 aliphatic heterocycles. The Morgan fingerprint density at radius 3 is 2.38 bits per heavy atom. The Morgan fingerprint density at radius 2 is 1.79 bits per heavy atom. The van der Waals surface area contributed by atoms with Gasteiger partial charge < -0.3 is 19.7 Å². The Labute approximate surface area is 228 Å². The normalized spacial score (nSPS) is 19.9. The molecule has 2 amide bonds. The third-order valence-electron chi connectivity index (χ3n) is 6.44. The van der Waals surface area contributed by atoms with Crippen LogP contribution in [0.5, 0.6) is 5.75 Å². The molecule has 0 spiro atoms. The number of hydrogen-bond donors (Lipinski definition) is 1. The number of carbonyl (C=O) groups is 2. The molecule has 39 heavy (non-hydrogen) atoms. The minimum atomic E-state index is -4.98. The monoisotopic (exact) mass is 569 g/mol. The first-order chi connectivity index (χ1) is 18.4. The molecular formula is C27H28ClF4N3O4. The summed E-state index contributed by atoms with van der Waals surface area (Å²) in [6, 6.07) is 7.95. The molecule has 2 aliphatic rings. The SMILES string of the molecule is CC(C)C(=O)Nc1cc(Cl)c(OC(F)(F)F)cc1/C=C/C(=O)N1C2COCC1CN(Cc1ccc(F)cc1)C2. The van der Waals surface area contributed by atoms with E-state index in [-0.39, 0.29) is 46.0 Å². The van der Waals surface area contributed by atoms with Crippen LogP contribution in [-0.2, 0) is 20.9 Å². The number of nitrogens with one attached hydrogen (secondary N) is 1. The molecule has 7 nitrogen and oxygen atoms in total. The molecule has 0 aromatic heterocycles. The quantitative estimate of drug-likeness (QED) is 0.371. The fraction of sp³-hybridized carbons (Fsp3) is 0.407. The number of anilines is 1. The first kappa shape index (κ1) is 28.8. The van der Waals surface area contributed by atoms with Gasteiger partial charge in [-0.1, -0.05) is 37.6 Å². The van der Waals surface area contributed by atoms with E-state index in [4.69, 9.17) is 16.3 Å². The predicted octanol–water partition coefficient (Wildman–Crippen LogP) is 5.10. The molecule has 0 aliphatic carbocycles. The standard InChI is InChI=1S/C27H28ClF4N3O4/c1-16(2)26(37)33-23-10-22(28)24(39-27(30,31)32)9-18(23)5-8-25(36)35-20-12-34(13-21(35)15-38-14-20)11-17-3-6-19(29)7-4-17/h3-10,16,20-21H,11-15H2,1-2H3,(H,33,37)/b8-5+. The summed E-state index contributed by atoms with van der Waals surface area (Å²) in [6.45, 7) is 5.64. The summed E-state index contributed by atoms with van der Waals surface area (Å²) in [6.07, 6.45) is -2.39. The summed E-state index contributed by atoms with van der Waals surface area (Å²) in [5, 5.41) is 2.28. The first-order valence-electron chi connectivity index (χ1n) is 12.3. The van der Waals surface area contributed by atoms with Crippen LogP contribution in [0.25, 0.3) is 6.08 Å². The highest BCUT2D eigenvalue weighted by Gasteiger charge is 2.40. The van der Waals surface area contributed by atoms with E-state index < -0.39 is 18.0 Å². The highest BCUT2D eigenvalue weighted by atomic mass is 35.5. The molecule has 2 unspecified atom stereocenters. The van der Waals surface area contributed by atoms with E-state index in [0.717, 1.165) is 17.7 Å². The fourth-order valence-corrected chi connectivity index (χ4v) is 4.83. The molecule has 0 radical (unpaired) electrons. The molecule has 2 aromatic carbocycles. The van der Waals surface area contributed by atoms with Gasteiger partial charge in [-0.2, -0.15) is 0 Å². The van der Waals surface area contributed by atoms with E-state index in [2.05, 4.69) is 15.0 Å². The van der Waals surface area contributed by atoms with E-state index in [1.165, 1.54) is 24.3 Å². The Kier molecular flexibility index (Phi) is 8.83. The van der Waals surface area contributed by atoms with Gasteiger partial charge in [-0.05, 0) is 35.9 Å². The molecule has 210 valence electrons. The van der Waals surface area contributed by atoms with E-state index in [9.17, 15) is 27.2 Å². The summed E-state index contributed by atoms with van der Waals surface area (Å²) in [5.41, 5.74) is 1.22. The van der Waals surface area contributed by atoms with Crippen molar-refractivity contribution in [2.24, 2.45) is 5.92 Å². The zero-order valence-corrected chi connectivity index (χ0v) is 22.1. The average Bonchev–Trinajstić information content (AvgIpc) is 2.84. The fourth-order valence-electron chi connectivity index (χ4n) is 4.63. The molecular weight excluding hydrogens is 542 g/mol. The van der Waals surface area contributed by atoms with Crippen LogP contribution in [0, 0.1) is 11.7 Å². The van der Waals surface area contributed by atoms with Crippen molar-refractivity contribution < 1.29 is 36.6 Å². The zero-order valence-electron chi connectivity index (χ0n) is 21.3. The highest BCUT2D eigenvalue weighted by Crippen LogP contribution is 2.36. The largest absolute Gasteiger partial charge is 0.573 e. The van der Waals surface area contributed by atoms with Gasteiger partial charge in [0.1, 0.15) is 11.6 Å². The lowest BCUT2D eigenvalue weighted by molar-refractivity contribution is -0.274. The van der Waals surface area contributed by atoms with Crippen molar-refractivity contribution in [2.75, 3.05) is 31.6 Å². The number of hydrogen-bond acceptors (Lipinski definition) is 5. The lowest BCUT2D eigenvalue weighted by Crippen LogP contribution is -2.65. The smallest absolute Gasteiger partial charge is 0.404 e.